The minimum absolute atomic E-state index is 0.0124. The molecule has 0 aromatic heterocycles. The number of carbonyl (C=O) groups is 3. The number of carboxylic acid groups (broad SMARTS) is 1. The van der Waals surface area contributed by atoms with Gasteiger partial charge in [-0.2, -0.15) is 0 Å². The van der Waals surface area contributed by atoms with Crippen molar-refractivity contribution in [3.05, 3.63) is 35.9 Å². The van der Waals surface area contributed by atoms with Crippen molar-refractivity contribution in [2.45, 2.75) is 44.2 Å². The van der Waals surface area contributed by atoms with E-state index in [2.05, 4.69) is 10.6 Å². The molecule has 7 nitrogen and oxygen atoms in total. The normalized spacial score (nSPS) is 28.0. The van der Waals surface area contributed by atoms with Crippen LogP contribution in [0.4, 0.5) is 4.79 Å². The molecule has 3 N–H and O–H groups in total. The highest BCUT2D eigenvalue weighted by Crippen LogP contribution is 2.36. The number of aliphatic carboxylic acids is 1. The van der Waals surface area contributed by atoms with Gasteiger partial charge in [0.25, 0.3) is 0 Å². The lowest BCUT2D eigenvalue weighted by Crippen LogP contribution is -2.45. The molecule has 146 valence electrons. The lowest BCUT2D eigenvalue weighted by molar-refractivity contribution is -0.142. The zero-order valence-corrected chi connectivity index (χ0v) is 15.6. The molecule has 2 fully saturated rings. The van der Waals surface area contributed by atoms with Crippen LogP contribution in [0.25, 0.3) is 0 Å². The van der Waals surface area contributed by atoms with E-state index < -0.39 is 5.97 Å². The molecule has 0 spiro atoms. The van der Waals surface area contributed by atoms with Crippen LogP contribution in [0, 0.1) is 11.8 Å². The Morgan fingerprint density at radius 3 is 2.44 bits per heavy atom. The van der Waals surface area contributed by atoms with E-state index >= 15 is 0 Å². The van der Waals surface area contributed by atoms with Gasteiger partial charge in [0.1, 0.15) is 0 Å². The van der Waals surface area contributed by atoms with Gasteiger partial charge in [-0.15, -0.1) is 0 Å². The van der Waals surface area contributed by atoms with E-state index in [4.69, 9.17) is 5.11 Å². The van der Waals surface area contributed by atoms with Crippen molar-refractivity contribution < 1.29 is 19.5 Å². The summed E-state index contributed by atoms with van der Waals surface area (Å²) in [6.07, 6.45) is 2.97. The summed E-state index contributed by atoms with van der Waals surface area (Å²) in [6, 6.07) is 9.60. The Morgan fingerprint density at radius 2 is 1.81 bits per heavy atom. The second-order valence-corrected chi connectivity index (χ2v) is 7.57. The second-order valence-electron chi connectivity index (χ2n) is 7.57. The third-order valence-electron chi connectivity index (χ3n) is 5.77. The van der Waals surface area contributed by atoms with E-state index in [9.17, 15) is 14.4 Å². The fourth-order valence-electron chi connectivity index (χ4n) is 4.23. The number of urea groups is 1. The summed E-state index contributed by atoms with van der Waals surface area (Å²) in [7, 11) is 1.81. The number of benzene rings is 1. The third-order valence-corrected chi connectivity index (χ3v) is 5.77. The van der Waals surface area contributed by atoms with Crippen molar-refractivity contribution in [3.8, 4) is 0 Å². The van der Waals surface area contributed by atoms with E-state index in [0.717, 1.165) is 5.56 Å². The van der Waals surface area contributed by atoms with E-state index in [1.165, 1.54) is 0 Å². The van der Waals surface area contributed by atoms with Crippen molar-refractivity contribution in [1.29, 1.82) is 0 Å². The molecule has 3 rings (SSSR count). The molecule has 1 aliphatic carbocycles. The number of likely N-dealkylation sites (tertiary alicyclic amines) is 1. The molecule has 2 atom stereocenters. The Balaban J connectivity index is 1.51. The minimum Gasteiger partial charge on any atom is -0.481 e. The third kappa shape index (κ3) is 4.59. The van der Waals surface area contributed by atoms with Gasteiger partial charge in [0.05, 0.1) is 12.0 Å². The second kappa shape index (κ2) is 8.41. The van der Waals surface area contributed by atoms with Crippen LogP contribution in [-0.2, 0) is 9.59 Å². The Morgan fingerprint density at radius 1 is 1.15 bits per heavy atom. The van der Waals surface area contributed by atoms with E-state index in [0.29, 0.717) is 38.6 Å². The Bertz CT molecular complexity index is 686. The predicted molar refractivity (Wildman–Crippen MR) is 100.0 cm³/mol. The molecule has 1 saturated carbocycles. The first kappa shape index (κ1) is 19.2. The highest BCUT2D eigenvalue weighted by atomic mass is 16.4. The fourth-order valence-corrected chi connectivity index (χ4v) is 4.23. The largest absolute Gasteiger partial charge is 0.481 e. The van der Waals surface area contributed by atoms with Crippen LogP contribution < -0.4 is 10.6 Å². The summed E-state index contributed by atoms with van der Waals surface area (Å²) in [4.78, 5) is 37.2. The fraction of sp³-hybridized carbons (Fsp3) is 0.550. The van der Waals surface area contributed by atoms with Crippen LogP contribution in [0.2, 0.25) is 0 Å². The van der Waals surface area contributed by atoms with Gasteiger partial charge in [-0.3, -0.25) is 9.59 Å². The lowest BCUT2D eigenvalue weighted by atomic mass is 9.86. The molecule has 0 unspecified atom stereocenters. The summed E-state index contributed by atoms with van der Waals surface area (Å²) < 4.78 is 0. The quantitative estimate of drug-likeness (QED) is 0.736. The summed E-state index contributed by atoms with van der Waals surface area (Å²) in [6.45, 7) is 0.423. The topological polar surface area (TPSA) is 98.7 Å². The van der Waals surface area contributed by atoms with Crippen LogP contribution in [0.5, 0.6) is 0 Å². The molecule has 1 aromatic carbocycles. The first-order chi connectivity index (χ1) is 13.0. The minimum atomic E-state index is -0.750. The van der Waals surface area contributed by atoms with Crippen molar-refractivity contribution in [3.63, 3.8) is 0 Å². The summed E-state index contributed by atoms with van der Waals surface area (Å²) in [5, 5.41) is 14.9. The molecule has 1 aliphatic heterocycles. The molecular formula is C20H27N3O4. The predicted octanol–water partition coefficient (Wildman–Crippen LogP) is 2.15. The molecule has 0 bridgehead atoms. The van der Waals surface area contributed by atoms with Crippen LogP contribution in [-0.4, -0.2) is 47.5 Å². The maximum absolute atomic E-state index is 12.3. The zero-order valence-electron chi connectivity index (χ0n) is 15.6. The first-order valence-corrected chi connectivity index (χ1v) is 9.53. The highest BCUT2D eigenvalue weighted by molar-refractivity contribution is 5.80. The van der Waals surface area contributed by atoms with Crippen LogP contribution in [0.15, 0.2) is 30.3 Å². The number of nitrogens with zero attached hydrogens (tertiary/aromatic N) is 1. The standard InChI is InChI=1S/C20H27N3O4/c1-23-17(24)11-15(18(23)13-5-3-2-4-6-13)12-21-20(27)22-16-9-7-14(8-10-16)19(25)26/h2-6,14-16,18H,7-12H2,1H3,(H,25,26)(H2,21,22,27)/t14?,15-,16?,18-/m0/s1. The number of nitrogens with one attached hydrogen (secondary N) is 2. The van der Waals surface area contributed by atoms with E-state index in [-0.39, 0.29) is 35.9 Å². The molecule has 0 radical (unpaired) electrons. The van der Waals surface area contributed by atoms with Gasteiger partial charge in [-0.25, -0.2) is 4.79 Å². The highest BCUT2D eigenvalue weighted by Gasteiger charge is 2.38. The van der Waals surface area contributed by atoms with Crippen molar-refractivity contribution >= 4 is 17.9 Å². The Kier molecular flexibility index (Phi) is 5.98. The average Bonchev–Trinajstić information content (AvgIpc) is 2.95. The summed E-state index contributed by atoms with van der Waals surface area (Å²) in [5.41, 5.74) is 1.07. The Labute approximate surface area is 159 Å². The first-order valence-electron chi connectivity index (χ1n) is 9.53. The summed E-state index contributed by atoms with van der Waals surface area (Å²) >= 11 is 0. The molecule has 3 amide bonds. The number of amides is 3. The van der Waals surface area contributed by atoms with Crippen LogP contribution >= 0.6 is 0 Å². The number of rotatable bonds is 5. The van der Waals surface area contributed by atoms with E-state index in [1.807, 2.05) is 30.3 Å². The monoisotopic (exact) mass is 373 g/mol. The number of hydrogen-bond donors (Lipinski definition) is 3. The van der Waals surface area contributed by atoms with Gasteiger partial charge >= 0.3 is 12.0 Å². The molecule has 7 heteroatoms. The van der Waals surface area contributed by atoms with Gasteiger partial charge in [-0.1, -0.05) is 30.3 Å². The maximum Gasteiger partial charge on any atom is 0.315 e. The van der Waals surface area contributed by atoms with Gasteiger partial charge in [0.15, 0.2) is 0 Å². The van der Waals surface area contributed by atoms with Crippen LogP contribution in [0.3, 0.4) is 0 Å². The average molecular weight is 373 g/mol. The number of carbonyl (C=O) groups excluding carboxylic acids is 2. The molecule has 2 aliphatic rings. The number of hydrogen-bond acceptors (Lipinski definition) is 3. The van der Waals surface area contributed by atoms with Gasteiger partial charge in [0.2, 0.25) is 5.91 Å². The SMILES string of the molecule is CN1C(=O)C[C@@H](CNC(=O)NC2CCC(C(=O)O)CC2)[C@@H]1c1ccccc1. The zero-order chi connectivity index (χ0) is 19.4. The van der Waals surface area contributed by atoms with Crippen molar-refractivity contribution in [1.82, 2.24) is 15.5 Å². The smallest absolute Gasteiger partial charge is 0.315 e. The van der Waals surface area contributed by atoms with E-state index in [1.54, 1.807) is 11.9 Å². The number of carboxylic acids is 1. The summed E-state index contributed by atoms with van der Waals surface area (Å²) in [5.74, 6) is -0.931. The van der Waals surface area contributed by atoms with Crippen molar-refractivity contribution in [2.75, 3.05) is 13.6 Å². The van der Waals surface area contributed by atoms with Gasteiger partial charge < -0.3 is 20.6 Å². The molecule has 27 heavy (non-hydrogen) atoms. The molecular weight excluding hydrogens is 346 g/mol. The molecule has 1 saturated heterocycles. The van der Waals surface area contributed by atoms with Crippen LogP contribution in [0.1, 0.15) is 43.7 Å². The Hall–Kier alpha value is -2.57. The molecule has 1 heterocycles. The van der Waals surface area contributed by atoms with Gasteiger partial charge in [-0.05, 0) is 31.2 Å². The molecule has 1 aromatic rings. The maximum atomic E-state index is 12.3. The van der Waals surface area contributed by atoms with Gasteiger partial charge in [0, 0.05) is 32.0 Å². The van der Waals surface area contributed by atoms with Crippen molar-refractivity contribution in [2.24, 2.45) is 11.8 Å². The lowest BCUT2D eigenvalue weighted by Gasteiger charge is -2.28.